The first-order valence-corrected chi connectivity index (χ1v) is 13.5. The number of para-hydroxylation sites is 2. The molecule has 2 heterocycles. The number of rotatable bonds is 9. The summed E-state index contributed by atoms with van der Waals surface area (Å²) in [4.78, 5) is 2.53. The summed E-state index contributed by atoms with van der Waals surface area (Å²) >= 11 is 0. The van der Waals surface area contributed by atoms with Gasteiger partial charge in [-0.1, -0.05) is 95.2 Å². The predicted molar refractivity (Wildman–Crippen MR) is 152 cm³/mol. The topological polar surface area (TPSA) is 6.25 Å². The van der Waals surface area contributed by atoms with Gasteiger partial charge in [-0.25, -0.2) is 0 Å². The molecule has 35 heavy (non-hydrogen) atoms. The summed E-state index contributed by atoms with van der Waals surface area (Å²) in [5.41, 5.74) is 8.41. The van der Waals surface area contributed by atoms with Crippen LogP contribution in [0.4, 0.5) is 11.4 Å². The van der Waals surface area contributed by atoms with Crippen molar-refractivity contribution in [3.8, 4) is 0 Å². The lowest BCUT2D eigenvalue weighted by atomic mass is 9.81. The minimum Gasteiger partial charge on any atom is -0.344 e. The second-order valence-corrected chi connectivity index (χ2v) is 11.0. The molecule has 0 aromatic heterocycles. The number of benzene rings is 2. The molecule has 2 aliphatic heterocycles. The first-order valence-electron chi connectivity index (χ1n) is 13.5. The number of unbranched alkanes of at least 4 members (excludes halogenated alkanes) is 2. The van der Waals surface area contributed by atoms with E-state index in [1.807, 2.05) is 0 Å². The van der Waals surface area contributed by atoms with Gasteiger partial charge < -0.3 is 4.90 Å². The van der Waals surface area contributed by atoms with Crippen molar-refractivity contribution >= 4 is 17.1 Å². The third-order valence-corrected chi connectivity index (χ3v) is 7.80. The van der Waals surface area contributed by atoms with Crippen LogP contribution < -0.4 is 4.90 Å². The van der Waals surface area contributed by atoms with Crippen LogP contribution in [0.2, 0.25) is 0 Å². The second-order valence-electron chi connectivity index (χ2n) is 11.0. The van der Waals surface area contributed by atoms with Gasteiger partial charge in [-0.2, -0.15) is 4.58 Å². The molecular formula is C33H43N2+. The second kappa shape index (κ2) is 10.4. The van der Waals surface area contributed by atoms with E-state index in [1.165, 1.54) is 59.6 Å². The van der Waals surface area contributed by atoms with Gasteiger partial charge in [-0.05, 0) is 38.0 Å². The average Bonchev–Trinajstić information content (AvgIpc) is 3.20. The summed E-state index contributed by atoms with van der Waals surface area (Å²) in [7, 11) is 0. The average molecular weight is 468 g/mol. The maximum absolute atomic E-state index is 2.53. The van der Waals surface area contributed by atoms with E-state index in [9.17, 15) is 0 Å². The van der Waals surface area contributed by atoms with Crippen molar-refractivity contribution in [3.05, 3.63) is 95.7 Å². The van der Waals surface area contributed by atoms with Crippen molar-refractivity contribution in [1.82, 2.24) is 0 Å². The monoisotopic (exact) mass is 467 g/mol. The number of nitrogens with zero attached hydrogens (tertiary/aromatic N) is 2. The van der Waals surface area contributed by atoms with E-state index in [4.69, 9.17) is 0 Å². The highest BCUT2D eigenvalue weighted by Gasteiger charge is 2.43. The molecule has 184 valence electrons. The van der Waals surface area contributed by atoms with Crippen LogP contribution in [-0.2, 0) is 10.8 Å². The van der Waals surface area contributed by atoms with Gasteiger partial charge in [0.1, 0.15) is 6.54 Å². The van der Waals surface area contributed by atoms with E-state index in [0.717, 1.165) is 13.1 Å². The van der Waals surface area contributed by atoms with Crippen LogP contribution in [0.15, 0.2) is 84.6 Å². The van der Waals surface area contributed by atoms with Crippen molar-refractivity contribution in [2.45, 2.75) is 78.1 Å². The highest BCUT2D eigenvalue weighted by Crippen LogP contribution is 2.47. The van der Waals surface area contributed by atoms with E-state index in [2.05, 4.69) is 130 Å². The molecule has 0 saturated heterocycles. The Balaban J connectivity index is 1.61. The lowest BCUT2D eigenvalue weighted by Gasteiger charge is -2.27. The standard InChI is InChI=1S/C33H43N2/c1-7-9-24-34-28-20-16-14-18-26(28)32(3,4)30(34)22-12-11-13-23-31-33(5,6)27-19-15-17-21-29(27)35(31)25-10-8-2/h11-23H,7-10,24-25H2,1-6H3/q+1. The highest BCUT2D eigenvalue weighted by atomic mass is 15.2. The molecule has 2 nitrogen and oxygen atoms in total. The van der Waals surface area contributed by atoms with E-state index in [-0.39, 0.29) is 10.8 Å². The van der Waals surface area contributed by atoms with Crippen LogP contribution in [0.25, 0.3) is 0 Å². The molecule has 0 N–H and O–H groups in total. The Morgan fingerprint density at radius 3 is 2.20 bits per heavy atom. The SMILES string of the molecule is CCCCN1/C(=C/C=C/C=C/C2=[N+](CCCC)c3ccccc3C2(C)C)C(C)(C)c2ccccc21. The van der Waals surface area contributed by atoms with Gasteiger partial charge in [-0.15, -0.1) is 0 Å². The van der Waals surface area contributed by atoms with Crippen molar-refractivity contribution in [1.29, 1.82) is 0 Å². The molecule has 0 amide bonds. The molecule has 0 aliphatic carbocycles. The Kier molecular flexibility index (Phi) is 7.50. The fourth-order valence-corrected chi connectivity index (χ4v) is 5.75. The molecule has 0 spiro atoms. The molecular weight excluding hydrogens is 424 g/mol. The normalized spacial score (nSPS) is 19.4. The molecule has 2 heteroatoms. The first kappa shape index (κ1) is 25.2. The van der Waals surface area contributed by atoms with Crippen molar-refractivity contribution in [2.24, 2.45) is 0 Å². The summed E-state index contributed by atoms with van der Waals surface area (Å²) in [6, 6.07) is 17.8. The van der Waals surface area contributed by atoms with Crippen molar-refractivity contribution < 1.29 is 4.58 Å². The van der Waals surface area contributed by atoms with Crippen molar-refractivity contribution in [3.63, 3.8) is 0 Å². The minimum atomic E-state index is 0.0131. The molecule has 2 aromatic carbocycles. The summed E-state index contributed by atoms with van der Waals surface area (Å²) in [5.74, 6) is 0. The number of anilines is 1. The van der Waals surface area contributed by atoms with E-state index < -0.39 is 0 Å². The van der Waals surface area contributed by atoms with Crippen LogP contribution in [0.5, 0.6) is 0 Å². The van der Waals surface area contributed by atoms with Crippen LogP contribution >= 0.6 is 0 Å². The van der Waals surface area contributed by atoms with Gasteiger partial charge in [0.25, 0.3) is 0 Å². The summed E-state index contributed by atoms with van der Waals surface area (Å²) in [5, 5.41) is 0. The van der Waals surface area contributed by atoms with Gasteiger partial charge >= 0.3 is 0 Å². The Morgan fingerprint density at radius 1 is 0.771 bits per heavy atom. The molecule has 0 atom stereocenters. The van der Waals surface area contributed by atoms with Crippen molar-refractivity contribution in [2.75, 3.05) is 18.0 Å². The molecule has 0 unspecified atom stereocenters. The van der Waals surface area contributed by atoms with E-state index in [0.29, 0.717) is 0 Å². The van der Waals surface area contributed by atoms with Crippen LogP contribution in [0.3, 0.4) is 0 Å². The molecule has 0 radical (unpaired) electrons. The number of allylic oxidation sites excluding steroid dienone is 6. The highest BCUT2D eigenvalue weighted by molar-refractivity contribution is 6.03. The fraction of sp³-hybridized carbons (Fsp3) is 0.424. The first-order chi connectivity index (χ1) is 16.8. The summed E-state index contributed by atoms with van der Waals surface area (Å²) in [6.07, 6.45) is 16.1. The maximum atomic E-state index is 2.53. The smallest absolute Gasteiger partial charge is 0.209 e. The predicted octanol–water partition coefficient (Wildman–Crippen LogP) is 8.46. The lowest BCUT2D eigenvalue weighted by Crippen LogP contribution is -2.27. The van der Waals surface area contributed by atoms with Gasteiger partial charge in [0.05, 0.1) is 5.41 Å². The third-order valence-electron chi connectivity index (χ3n) is 7.80. The summed E-state index contributed by atoms with van der Waals surface area (Å²) < 4.78 is 2.53. The Hall–Kier alpha value is -2.87. The largest absolute Gasteiger partial charge is 0.344 e. The number of hydrogen-bond donors (Lipinski definition) is 0. The Morgan fingerprint density at radius 2 is 1.46 bits per heavy atom. The zero-order valence-corrected chi connectivity index (χ0v) is 22.6. The molecule has 0 fully saturated rings. The Labute approximate surface area is 213 Å². The zero-order chi connectivity index (χ0) is 25.1. The van der Waals surface area contributed by atoms with Crippen LogP contribution in [-0.4, -0.2) is 23.4 Å². The van der Waals surface area contributed by atoms with Gasteiger partial charge in [0.2, 0.25) is 5.69 Å². The molecule has 2 aliphatic rings. The molecule has 0 bridgehead atoms. The van der Waals surface area contributed by atoms with Gasteiger partial charge in [0, 0.05) is 47.5 Å². The molecule has 2 aromatic rings. The van der Waals surface area contributed by atoms with E-state index >= 15 is 0 Å². The summed E-state index contributed by atoms with van der Waals surface area (Å²) in [6.45, 7) is 16.1. The lowest BCUT2D eigenvalue weighted by molar-refractivity contribution is -0.438. The van der Waals surface area contributed by atoms with Crippen LogP contribution in [0, 0.1) is 0 Å². The molecule has 0 saturated carbocycles. The van der Waals surface area contributed by atoms with Crippen LogP contribution in [0.1, 0.15) is 78.4 Å². The quantitative estimate of drug-likeness (QED) is 0.265. The van der Waals surface area contributed by atoms with Gasteiger partial charge in [0.15, 0.2) is 5.71 Å². The molecule has 4 rings (SSSR count). The number of fused-ring (bicyclic) bond motifs is 2. The third kappa shape index (κ3) is 4.68. The maximum Gasteiger partial charge on any atom is 0.209 e. The van der Waals surface area contributed by atoms with E-state index in [1.54, 1.807) is 0 Å². The zero-order valence-electron chi connectivity index (χ0n) is 22.6. The minimum absolute atomic E-state index is 0.0131. The number of hydrogen-bond acceptors (Lipinski definition) is 1. The van der Waals surface area contributed by atoms with Gasteiger partial charge in [-0.3, -0.25) is 0 Å². The Bertz CT molecular complexity index is 1170. The fourth-order valence-electron chi connectivity index (χ4n) is 5.75.